The lowest BCUT2D eigenvalue weighted by atomic mass is 9.75. The van der Waals surface area contributed by atoms with Gasteiger partial charge in [0.15, 0.2) is 6.29 Å². The molecule has 0 saturated heterocycles. The van der Waals surface area contributed by atoms with Gasteiger partial charge in [-0.25, -0.2) is 5.01 Å². The summed E-state index contributed by atoms with van der Waals surface area (Å²) in [5, 5.41) is 5.56. The number of anilines is 2. The van der Waals surface area contributed by atoms with Gasteiger partial charge in [0.05, 0.1) is 6.21 Å². The second kappa shape index (κ2) is 5.93. The van der Waals surface area contributed by atoms with Crippen molar-refractivity contribution in [3.63, 3.8) is 0 Å². The molecule has 1 spiro atoms. The van der Waals surface area contributed by atoms with Gasteiger partial charge in [-0.05, 0) is 18.2 Å². The number of amides is 1. The second-order valence-electron chi connectivity index (χ2n) is 6.89. The number of benzene rings is 3. The van der Waals surface area contributed by atoms with Crippen molar-refractivity contribution in [1.82, 2.24) is 5.01 Å². The van der Waals surface area contributed by atoms with Crippen molar-refractivity contribution >= 4 is 29.8 Å². The molecule has 3 aromatic rings. The van der Waals surface area contributed by atoms with Crippen LogP contribution in [-0.4, -0.2) is 23.4 Å². The van der Waals surface area contributed by atoms with E-state index in [4.69, 9.17) is 16.2 Å². The highest BCUT2D eigenvalue weighted by Gasteiger charge is 2.56. The van der Waals surface area contributed by atoms with Crippen molar-refractivity contribution < 1.29 is 14.3 Å². The Kier molecular flexibility index (Phi) is 3.48. The highest BCUT2D eigenvalue weighted by Crippen LogP contribution is 2.57. The van der Waals surface area contributed by atoms with E-state index in [0.717, 1.165) is 11.8 Å². The zero-order valence-electron chi connectivity index (χ0n) is 15.2. The Morgan fingerprint density at radius 2 is 1.52 bits per heavy atom. The SMILES string of the molecule is Nc1ccc2c(c1)Oc1cc(N)ccc1C21c2ccccc2C(=O)N1/N=C/C=O. The second-order valence-corrected chi connectivity index (χ2v) is 6.89. The number of nitrogen functional groups attached to an aromatic ring is 2. The van der Waals surface area contributed by atoms with E-state index < -0.39 is 5.54 Å². The summed E-state index contributed by atoms with van der Waals surface area (Å²) >= 11 is 0. The van der Waals surface area contributed by atoms with Crippen LogP contribution in [0.1, 0.15) is 27.0 Å². The molecule has 5 rings (SSSR count). The van der Waals surface area contributed by atoms with E-state index in [9.17, 15) is 9.59 Å². The van der Waals surface area contributed by atoms with E-state index in [1.54, 1.807) is 36.4 Å². The normalized spacial score (nSPS) is 15.7. The van der Waals surface area contributed by atoms with Crippen molar-refractivity contribution in [2.75, 3.05) is 11.5 Å². The van der Waals surface area contributed by atoms with Gasteiger partial charge in [-0.2, -0.15) is 5.10 Å². The molecule has 142 valence electrons. The minimum Gasteiger partial charge on any atom is -0.456 e. The van der Waals surface area contributed by atoms with Crippen LogP contribution >= 0.6 is 0 Å². The topological polar surface area (TPSA) is 111 Å². The van der Waals surface area contributed by atoms with E-state index in [0.29, 0.717) is 45.9 Å². The van der Waals surface area contributed by atoms with E-state index in [-0.39, 0.29) is 5.91 Å². The maximum absolute atomic E-state index is 13.3. The van der Waals surface area contributed by atoms with Crippen LogP contribution in [0.3, 0.4) is 0 Å². The van der Waals surface area contributed by atoms with Gasteiger partial charge in [0.1, 0.15) is 17.0 Å². The van der Waals surface area contributed by atoms with Crippen molar-refractivity contribution in [2.24, 2.45) is 5.10 Å². The first-order valence-corrected chi connectivity index (χ1v) is 8.97. The number of ether oxygens (including phenoxy) is 1. The summed E-state index contributed by atoms with van der Waals surface area (Å²) in [6.45, 7) is 0. The van der Waals surface area contributed by atoms with Gasteiger partial charge in [-0.3, -0.25) is 9.59 Å². The molecule has 0 saturated carbocycles. The molecule has 7 nitrogen and oxygen atoms in total. The number of aldehydes is 1. The predicted molar refractivity (Wildman–Crippen MR) is 109 cm³/mol. The van der Waals surface area contributed by atoms with Crippen LogP contribution in [0.4, 0.5) is 11.4 Å². The number of rotatable bonds is 2. The third kappa shape index (κ3) is 2.15. The molecule has 0 aromatic heterocycles. The highest BCUT2D eigenvalue weighted by molar-refractivity contribution is 6.13. The molecule has 0 fully saturated rings. The molecule has 4 N–H and O–H groups in total. The number of hydrazone groups is 1. The van der Waals surface area contributed by atoms with Crippen LogP contribution in [0.2, 0.25) is 0 Å². The minimum absolute atomic E-state index is 0.314. The van der Waals surface area contributed by atoms with E-state index in [1.165, 1.54) is 5.01 Å². The fourth-order valence-electron chi connectivity index (χ4n) is 4.22. The Balaban J connectivity index is 1.95. The summed E-state index contributed by atoms with van der Waals surface area (Å²) in [5.74, 6) is 0.684. The number of hydrogen-bond acceptors (Lipinski definition) is 6. The van der Waals surface area contributed by atoms with Crippen molar-refractivity contribution in [3.05, 3.63) is 82.9 Å². The van der Waals surface area contributed by atoms with Gasteiger partial charge in [0.25, 0.3) is 5.91 Å². The van der Waals surface area contributed by atoms with Crippen LogP contribution in [0.25, 0.3) is 0 Å². The first-order valence-electron chi connectivity index (χ1n) is 8.97. The number of hydrogen-bond donors (Lipinski definition) is 2. The lowest BCUT2D eigenvalue weighted by molar-refractivity contribution is -0.102. The molecule has 3 aromatic carbocycles. The van der Waals surface area contributed by atoms with E-state index in [1.807, 2.05) is 24.3 Å². The highest BCUT2D eigenvalue weighted by atomic mass is 16.5. The molecule has 29 heavy (non-hydrogen) atoms. The van der Waals surface area contributed by atoms with Crippen molar-refractivity contribution in [3.8, 4) is 11.5 Å². The molecule has 0 aliphatic carbocycles. The molecule has 1 amide bonds. The Labute approximate surface area is 166 Å². The summed E-state index contributed by atoms with van der Waals surface area (Å²) in [6, 6.07) is 17.8. The van der Waals surface area contributed by atoms with Crippen LogP contribution < -0.4 is 16.2 Å². The average molecular weight is 384 g/mol. The van der Waals surface area contributed by atoms with Gasteiger partial charge in [-0.1, -0.05) is 30.3 Å². The van der Waals surface area contributed by atoms with Crippen LogP contribution in [0, 0.1) is 0 Å². The largest absolute Gasteiger partial charge is 0.456 e. The molecular weight excluding hydrogens is 368 g/mol. The third-order valence-electron chi connectivity index (χ3n) is 5.31. The molecule has 0 bridgehead atoms. The quantitative estimate of drug-likeness (QED) is 0.401. The van der Waals surface area contributed by atoms with Crippen molar-refractivity contribution in [2.45, 2.75) is 5.54 Å². The maximum Gasteiger partial charge on any atom is 0.275 e. The smallest absolute Gasteiger partial charge is 0.275 e. The fourth-order valence-corrected chi connectivity index (χ4v) is 4.22. The Morgan fingerprint density at radius 3 is 2.14 bits per heavy atom. The molecule has 0 atom stereocenters. The van der Waals surface area contributed by atoms with Crippen LogP contribution in [0.5, 0.6) is 11.5 Å². The molecule has 2 heterocycles. The maximum atomic E-state index is 13.3. The Bertz CT molecular complexity index is 1170. The number of carbonyl (C=O) groups excluding carboxylic acids is 2. The van der Waals surface area contributed by atoms with Gasteiger partial charge in [0.2, 0.25) is 0 Å². The zero-order chi connectivity index (χ0) is 20.2. The molecule has 0 unspecified atom stereocenters. The molecule has 0 radical (unpaired) electrons. The van der Waals surface area contributed by atoms with Gasteiger partial charge in [0, 0.05) is 45.8 Å². The summed E-state index contributed by atoms with van der Waals surface area (Å²) < 4.78 is 6.11. The molecule has 2 aliphatic rings. The van der Waals surface area contributed by atoms with Gasteiger partial charge in [-0.15, -0.1) is 0 Å². The average Bonchev–Trinajstić information content (AvgIpc) is 2.95. The lowest BCUT2D eigenvalue weighted by Gasteiger charge is -2.41. The van der Waals surface area contributed by atoms with E-state index in [2.05, 4.69) is 5.10 Å². The number of carbonyl (C=O) groups is 2. The van der Waals surface area contributed by atoms with Crippen LogP contribution in [-0.2, 0) is 10.3 Å². The molecule has 7 heteroatoms. The predicted octanol–water partition coefficient (Wildman–Crippen LogP) is 2.89. The van der Waals surface area contributed by atoms with Gasteiger partial charge < -0.3 is 16.2 Å². The third-order valence-corrected chi connectivity index (χ3v) is 5.31. The summed E-state index contributed by atoms with van der Waals surface area (Å²) in [6.07, 6.45) is 1.60. The Hall–Kier alpha value is -4.13. The number of nitrogens with zero attached hydrogens (tertiary/aromatic N) is 2. The Morgan fingerprint density at radius 1 is 0.897 bits per heavy atom. The summed E-state index contributed by atoms with van der Waals surface area (Å²) in [4.78, 5) is 24.4. The monoisotopic (exact) mass is 384 g/mol. The number of nitrogens with two attached hydrogens (primary N) is 2. The molecule has 2 aliphatic heterocycles. The first kappa shape index (κ1) is 17.0. The van der Waals surface area contributed by atoms with E-state index >= 15 is 0 Å². The zero-order valence-corrected chi connectivity index (χ0v) is 15.2. The van der Waals surface area contributed by atoms with Crippen LogP contribution in [0.15, 0.2) is 65.8 Å². The van der Waals surface area contributed by atoms with Gasteiger partial charge >= 0.3 is 0 Å². The number of fused-ring (bicyclic) bond motifs is 6. The molecular formula is C22H16N4O3. The summed E-state index contributed by atoms with van der Waals surface area (Å²) in [7, 11) is 0. The van der Waals surface area contributed by atoms with Crippen molar-refractivity contribution in [1.29, 1.82) is 0 Å². The fraction of sp³-hybridized carbons (Fsp3) is 0.0455. The standard InChI is InChI=1S/C22H16N4O3/c23-13-5-7-17-19(11-13)29-20-12-14(24)6-8-18(20)22(17)16-4-2-1-3-15(16)21(28)26(22)25-9-10-27/h1-12H,23-24H2/b25-9+. The summed E-state index contributed by atoms with van der Waals surface area (Å²) in [5.41, 5.74) is 14.6. The minimum atomic E-state index is -1.11. The first-order chi connectivity index (χ1) is 14.1. The lowest BCUT2D eigenvalue weighted by Crippen LogP contribution is -2.44.